The lowest BCUT2D eigenvalue weighted by Crippen LogP contribution is -2.01. The third-order valence-corrected chi connectivity index (χ3v) is 3.12. The van der Waals surface area contributed by atoms with Gasteiger partial charge in [0, 0.05) is 11.1 Å². The standard InChI is InChI=1S/C14H11ClF2O/c1-8-2-3-9(6-13(8)15)14(18)10-4-11(16)7-12(17)5-10/h2-7,14,18H,1H3. The molecule has 1 nitrogen and oxygen atoms in total. The van der Waals surface area contributed by atoms with Crippen molar-refractivity contribution in [3.63, 3.8) is 0 Å². The van der Waals surface area contributed by atoms with Crippen LogP contribution in [0, 0.1) is 18.6 Å². The number of aliphatic hydroxyl groups excluding tert-OH is 1. The zero-order valence-electron chi connectivity index (χ0n) is 9.62. The average molecular weight is 269 g/mol. The second-order valence-corrected chi connectivity index (χ2v) is 4.52. The molecule has 0 saturated carbocycles. The third-order valence-electron chi connectivity index (χ3n) is 2.71. The van der Waals surface area contributed by atoms with Crippen LogP contribution in [0.3, 0.4) is 0 Å². The van der Waals surface area contributed by atoms with Gasteiger partial charge in [0.2, 0.25) is 0 Å². The minimum absolute atomic E-state index is 0.160. The van der Waals surface area contributed by atoms with Crippen molar-refractivity contribution in [3.05, 3.63) is 69.7 Å². The number of rotatable bonds is 2. The smallest absolute Gasteiger partial charge is 0.126 e. The maximum absolute atomic E-state index is 13.1. The quantitative estimate of drug-likeness (QED) is 0.873. The first kappa shape index (κ1) is 13.0. The number of hydrogen-bond acceptors (Lipinski definition) is 1. The second kappa shape index (κ2) is 5.04. The summed E-state index contributed by atoms with van der Waals surface area (Å²) in [6, 6.07) is 7.97. The predicted octanol–water partition coefficient (Wildman–Crippen LogP) is 4.01. The van der Waals surface area contributed by atoms with E-state index in [0.717, 1.165) is 23.8 Å². The van der Waals surface area contributed by atoms with Crippen LogP contribution >= 0.6 is 11.6 Å². The molecule has 0 amide bonds. The van der Waals surface area contributed by atoms with Gasteiger partial charge < -0.3 is 5.11 Å². The Morgan fingerprint density at radius 2 is 1.61 bits per heavy atom. The minimum Gasteiger partial charge on any atom is -0.384 e. The molecule has 2 aromatic rings. The van der Waals surface area contributed by atoms with Crippen LogP contribution in [-0.4, -0.2) is 5.11 Å². The maximum Gasteiger partial charge on any atom is 0.126 e. The van der Waals surface area contributed by atoms with Gasteiger partial charge in [-0.2, -0.15) is 0 Å². The molecule has 0 radical (unpaired) electrons. The summed E-state index contributed by atoms with van der Waals surface area (Å²) >= 11 is 5.95. The van der Waals surface area contributed by atoms with Gasteiger partial charge in [0.1, 0.15) is 17.7 Å². The molecule has 0 aliphatic heterocycles. The van der Waals surface area contributed by atoms with Crippen LogP contribution in [0.15, 0.2) is 36.4 Å². The lowest BCUT2D eigenvalue weighted by Gasteiger charge is -2.13. The highest BCUT2D eigenvalue weighted by Crippen LogP contribution is 2.27. The van der Waals surface area contributed by atoms with Crippen molar-refractivity contribution in [2.45, 2.75) is 13.0 Å². The van der Waals surface area contributed by atoms with E-state index in [1.165, 1.54) is 0 Å². The lowest BCUT2D eigenvalue weighted by atomic mass is 10.0. The predicted molar refractivity (Wildman–Crippen MR) is 66.6 cm³/mol. The van der Waals surface area contributed by atoms with Crippen molar-refractivity contribution in [2.75, 3.05) is 0 Å². The molecule has 18 heavy (non-hydrogen) atoms. The number of aliphatic hydroxyl groups is 1. The van der Waals surface area contributed by atoms with Crippen molar-refractivity contribution in [1.29, 1.82) is 0 Å². The van der Waals surface area contributed by atoms with Gasteiger partial charge in [-0.25, -0.2) is 8.78 Å². The molecule has 0 aliphatic rings. The Labute approximate surface area is 109 Å². The number of benzene rings is 2. The molecule has 1 unspecified atom stereocenters. The van der Waals surface area contributed by atoms with E-state index in [2.05, 4.69) is 0 Å². The summed E-state index contributed by atoms with van der Waals surface area (Å²) in [5, 5.41) is 10.6. The Bertz CT molecular complexity index is 564. The average Bonchev–Trinajstić information content (AvgIpc) is 2.30. The zero-order chi connectivity index (χ0) is 13.3. The first-order valence-corrected chi connectivity index (χ1v) is 5.75. The van der Waals surface area contributed by atoms with Gasteiger partial charge in [-0.05, 0) is 41.8 Å². The molecule has 2 aromatic carbocycles. The molecule has 0 fully saturated rings. The van der Waals surface area contributed by atoms with Crippen LogP contribution in [0.4, 0.5) is 8.78 Å². The molecule has 0 aliphatic carbocycles. The SMILES string of the molecule is Cc1ccc(C(O)c2cc(F)cc(F)c2)cc1Cl. The van der Waals surface area contributed by atoms with Gasteiger partial charge >= 0.3 is 0 Å². The van der Waals surface area contributed by atoms with E-state index in [0.29, 0.717) is 10.6 Å². The number of halogens is 3. The van der Waals surface area contributed by atoms with Gasteiger partial charge in [0.15, 0.2) is 0 Å². The third kappa shape index (κ3) is 2.68. The van der Waals surface area contributed by atoms with Crippen molar-refractivity contribution < 1.29 is 13.9 Å². The molecule has 94 valence electrons. The summed E-state index contributed by atoms with van der Waals surface area (Å²) in [6.45, 7) is 1.83. The Hall–Kier alpha value is -1.45. The van der Waals surface area contributed by atoms with E-state index in [4.69, 9.17) is 11.6 Å². The Kier molecular flexibility index (Phi) is 3.64. The molecule has 0 aromatic heterocycles. The van der Waals surface area contributed by atoms with Gasteiger partial charge in [-0.3, -0.25) is 0 Å². The van der Waals surface area contributed by atoms with E-state index < -0.39 is 17.7 Å². The van der Waals surface area contributed by atoms with Crippen LogP contribution in [-0.2, 0) is 0 Å². The molecule has 2 rings (SSSR count). The van der Waals surface area contributed by atoms with Gasteiger partial charge in [-0.15, -0.1) is 0 Å². The molecular formula is C14H11ClF2O. The van der Waals surface area contributed by atoms with Crippen LogP contribution in [0.5, 0.6) is 0 Å². The Morgan fingerprint density at radius 1 is 1.00 bits per heavy atom. The molecule has 1 N–H and O–H groups in total. The monoisotopic (exact) mass is 268 g/mol. The van der Waals surface area contributed by atoms with Crippen LogP contribution in [0.25, 0.3) is 0 Å². The lowest BCUT2D eigenvalue weighted by molar-refractivity contribution is 0.219. The molecular weight excluding hydrogens is 258 g/mol. The molecule has 0 heterocycles. The molecule has 0 bridgehead atoms. The van der Waals surface area contributed by atoms with E-state index in [-0.39, 0.29) is 5.56 Å². The zero-order valence-corrected chi connectivity index (χ0v) is 10.4. The first-order chi connectivity index (χ1) is 8.47. The van der Waals surface area contributed by atoms with E-state index >= 15 is 0 Å². The topological polar surface area (TPSA) is 20.2 Å². The molecule has 0 spiro atoms. The normalized spacial score (nSPS) is 12.5. The van der Waals surface area contributed by atoms with E-state index in [1.54, 1.807) is 18.2 Å². The van der Waals surface area contributed by atoms with E-state index in [1.807, 2.05) is 6.92 Å². The highest BCUT2D eigenvalue weighted by molar-refractivity contribution is 6.31. The molecule has 1 atom stereocenters. The summed E-state index contributed by atoms with van der Waals surface area (Å²) in [7, 11) is 0. The van der Waals surface area contributed by atoms with Crippen LogP contribution < -0.4 is 0 Å². The summed E-state index contributed by atoms with van der Waals surface area (Å²) in [5.74, 6) is -1.44. The fourth-order valence-corrected chi connectivity index (χ4v) is 1.89. The van der Waals surface area contributed by atoms with Crippen molar-refractivity contribution in [3.8, 4) is 0 Å². The van der Waals surface area contributed by atoms with Gasteiger partial charge in [0.05, 0.1) is 0 Å². The minimum atomic E-state index is -1.10. The Balaban J connectivity index is 2.40. The van der Waals surface area contributed by atoms with Gasteiger partial charge in [0.25, 0.3) is 0 Å². The fourth-order valence-electron chi connectivity index (χ4n) is 1.70. The van der Waals surface area contributed by atoms with Crippen molar-refractivity contribution in [2.24, 2.45) is 0 Å². The summed E-state index contributed by atoms with van der Waals surface area (Å²) < 4.78 is 26.1. The number of aryl methyl sites for hydroxylation is 1. The van der Waals surface area contributed by atoms with E-state index in [9.17, 15) is 13.9 Å². The van der Waals surface area contributed by atoms with Crippen LogP contribution in [0.2, 0.25) is 5.02 Å². The summed E-state index contributed by atoms with van der Waals surface area (Å²) in [4.78, 5) is 0. The number of hydrogen-bond donors (Lipinski definition) is 1. The Morgan fingerprint density at radius 3 is 2.17 bits per heavy atom. The second-order valence-electron chi connectivity index (χ2n) is 4.11. The first-order valence-electron chi connectivity index (χ1n) is 5.37. The van der Waals surface area contributed by atoms with Crippen molar-refractivity contribution >= 4 is 11.6 Å². The summed E-state index contributed by atoms with van der Waals surface area (Å²) in [5.41, 5.74) is 1.53. The molecule has 4 heteroatoms. The highest BCUT2D eigenvalue weighted by Gasteiger charge is 2.13. The van der Waals surface area contributed by atoms with Crippen LogP contribution in [0.1, 0.15) is 22.8 Å². The highest BCUT2D eigenvalue weighted by atomic mass is 35.5. The summed E-state index contributed by atoms with van der Waals surface area (Å²) in [6.07, 6.45) is -1.10. The van der Waals surface area contributed by atoms with Crippen molar-refractivity contribution in [1.82, 2.24) is 0 Å². The largest absolute Gasteiger partial charge is 0.384 e. The maximum atomic E-state index is 13.1. The van der Waals surface area contributed by atoms with Gasteiger partial charge in [-0.1, -0.05) is 23.7 Å². The molecule has 0 saturated heterocycles. The fraction of sp³-hybridized carbons (Fsp3) is 0.143.